The average molecular weight is 268 g/mol. The van der Waals surface area contributed by atoms with Gasteiger partial charge in [0, 0.05) is 52.4 Å². The number of urea groups is 1. The number of nitrogens with one attached hydrogen (secondary N) is 1. The lowest BCUT2D eigenvalue weighted by atomic mass is 10.3. The van der Waals surface area contributed by atoms with Crippen LogP contribution in [-0.2, 0) is 18.3 Å². The van der Waals surface area contributed by atoms with Crippen LogP contribution in [0.5, 0.6) is 0 Å². The Morgan fingerprint density at radius 1 is 1.53 bits per heavy atom. The molecule has 2 amide bonds. The Morgan fingerprint density at radius 3 is 2.84 bits per heavy atom. The van der Waals surface area contributed by atoms with E-state index in [4.69, 9.17) is 5.11 Å². The Morgan fingerprint density at radius 2 is 2.26 bits per heavy atom. The molecule has 0 unspecified atom stereocenters. The molecule has 0 aliphatic carbocycles. The zero-order valence-electron chi connectivity index (χ0n) is 11.3. The number of hydrogen-bond acceptors (Lipinski definition) is 3. The number of nitrogens with zero attached hydrogens (tertiary/aromatic N) is 3. The first-order valence-corrected chi connectivity index (χ1v) is 6.17. The van der Waals surface area contributed by atoms with Gasteiger partial charge < -0.3 is 19.9 Å². The van der Waals surface area contributed by atoms with Crippen LogP contribution in [0.25, 0.3) is 0 Å². The van der Waals surface area contributed by atoms with E-state index >= 15 is 0 Å². The molecule has 0 aromatic carbocycles. The third kappa shape index (κ3) is 5.41. The number of rotatable bonds is 7. The minimum Gasteiger partial charge on any atom is -0.481 e. The molecule has 0 saturated carbocycles. The second kappa shape index (κ2) is 7.40. The van der Waals surface area contributed by atoms with Gasteiger partial charge in [0.25, 0.3) is 0 Å². The van der Waals surface area contributed by atoms with Gasteiger partial charge in [-0.05, 0) is 6.42 Å². The third-order valence-electron chi connectivity index (χ3n) is 2.78. The quantitative estimate of drug-likeness (QED) is 0.752. The largest absolute Gasteiger partial charge is 0.481 e. The Balaban J connectivity index is 2.19. The van der Waals surface area contributed by atoms with E-state index in [2.05, 4.69) is 10.3 Å². The summed E-state index contributed by atoms with van der Waals surface area (Å²) in [6.07, 6.45) is 4.77. The number of carboxylic acid groups (broad SMARTS) is 1. The first-order valence-electron chi connectivity index (χ1n) is 6.17. The second-order valence-corrected chi connectivity index (χ2v) is 4.36. The molecule has 19 heavy (non-hydrogen) atoms. The van der Waals surface area contributed by atoms with E-state index in [9.17, 15) is 9.59 Å². The maximum atomic E-state index is 11.7. The molecule has 0 spiro atoms. The average Bonchev–Trinajstić information content (AvgIpc) is 2.74. The van der Waals surface area contributed by atoms with Crippen molar-refractivity contribution in [3.05, 3.63) is 18.2 Å². The molecular formula is C12H20N4O3. The topological polar surface area (TPSA) is 87.5 Å². The fourth-order valence-corrected chi connectivity index (χ4v) is 1.62. The number of aryl methyl sites for hydroxylation is 1. The number of carboxylic acids is 1. The Hall–Kier alpha value is -2.05. The predicted octanol–water partition coefficient (Wildman–Crippen LogP) is 0.469. The van der Waals surface area contributed by atoms with Crippen molar-refractivity contribution in [2.45, 2.75) is 19.3 Å². The minimum absolute atomic E-state index is 0.0743. The molecule has 7 nitrogen and oxygen atoms in total. The summed E-state index contributed by atoms with van der Waals surface area (Å²) in [5.41, 5.74) is 0. The Labute approximate surface area is 112 Å². The maximum Gasteiger partial charge on any atom is 0.317 e. The van der Waals surface area contributed by atoms with Crippen molar-refractivity contribution in [1.29, 1.82) is 0 Å². The van der Waals surface area contributed by atoms with Crippen LogP contribution in [0.4, 0.5) is 4.79 Å². The molecule has 106 valence electrons. The molecule has 0 fully saturated rings. The van der Waals surface area contributed by atoms with Gasteiger partial charge in [-0.1, -0.05) is 0 Å². The zero-order chi connectivity index (χ0) is 14.3. The highest BCUT2D eigenvalue weighted by Gasteiger charge is 2.08. The SMILES string of the molecule is CN(CCCC(=O)O)C(=O)NCCc1nccn1C. The first kappa shape index (κ1) is 15.0. The molecule has 0 aliphatic heterocycles. The maximum absolute atomic E-state index is 11.7. The van der Waals surface area contributed by atoms with Crippen molar-refractivity contribution < 1.29 is 14.7 Å². The van der Waals surface area contributed by atoms with Crippen molar-refractivity contribution in [3.63, 3.8) is 0 Å². The molecular weight excluding hydrogens is 248 g/mol. The second-order valence-electron chi connectivity index (χ2n) is 4.36. The van der Waals surface area contributed by atoms with Crippen molar-refractivity contribution >= 4 is 12.0 Å². The molecule has 2 N–H and O–H groups in total. The molecule has 1 rings (SSSR count). The van der Waals surface area contributed by atoms with Gasteiger partial charge in [0.15, 0.2) is 0 Å². The van der Waals surface area contributed by atoms with Gasteiger partial charge in [-0.2, -0.15) is 0 Å². The van der Waals surface area contributed by atoms with E-state index in [0.29, 0.717) is 25.9 Å². The van der Waals surface area contributed by atoms with Crippen molar-refractivity contribution in [1.82, 2.24) is 19.8 Å². The highest BCUT2D eigenvalue weighted by atomic mass is 16.4. The fraction of sp³-hybridized carbons (Fsp3) is 0.583. The highest BCUT2D eigenvalue weighted by Crippen LogP contribution is 1.96. The van der Waals surface area contributed by atoms with Crippen LogP contribution in [0.3, 0.4) is 0 Å². The molecule has 1 aromatic heterocycles. The summed E-state index contributed by atoms with van der Waals surface area (Å²) in [4.78, 5) is 27.7. The highest BCUT2D eigenvalue weighted by molar-refractivity contribution is 5.73. The van der Waals surface area contributed by atoms with E-state index in [-0.39, 0.29) is 12.5 Å². The number of carbonyl (C=O) groups excluding carboxylic acids is 1. The number of carbonyl (C=O) groups is 2. The number of aliphatic carboxylic acids is 1. The third-order valence-corrected chi connectivity index (χ3v) is 2.78. The van der Waals surface area contributed by atoms with Crippen LogP contribution in [-0.4, -0.2) is 51.7 Å². The zero-order valence-corrected chi connectivity index (χ0v) is 11.3. The van der Waals surface area contributed by atoms with Gasteiger partial charge in [0.1, 0.15) is 5.82 Å². The summed E-state index contributed by atoms with van der Waals surface area (Å²) in [7, 11) is 3.56. The van der Waals surface area contributed by atoms with Crippen LogP contribution in [0, 0.1) is 0 Å². The predicted molar refractivity (Wildman–Crippen MR) is 69.8 cm³/mol. The molecule has 0 aliphatic rings. The number of amides is 2. The van der Waals surface area contributed by atoms with Crippen LogP contribution < -0.4 is 5.32 Å². The molecule has 0 atom stereocenters. The first-order chi connectivity index (χ1) is 9.00. The summed E-state index contributed by atoms with van der Waals surface area (Å²) in [5, 5.41) is 11.3. The van der Waals surface area contributed by atoms with Crippen LogP contribution in [0.1, 0.15) is 18.7 Å². The summed E-state index contributed by atoms with van der Waals surface area (Å²) < 4.78 is 1.91. The van der Waals surface area contributed by atoms with Crippen molar-refractivity contribution in [2.75, 3.05) is 20.1 Å². The van der Waals surface area contributed by atoms with Gasteiger partial charge in [0.05, 0.1) is 0 Å². The van der Waals surface area contributed by atoms with E-state index in [1.165, 1.54) is 4.90 Å². The lowest BCUT2D eigenvalue weighted by Gasteiger charge is -2.17. The summed E-state index contributed by atoms with van der Waals surface area (Å²) in [6, 6.07) is -0.195. The van der Waals surface area contributed by atoms with Crippen LogP contribution in [0.15, 0.2) is 12.4 Å². The standard InChI is InChI=1S/C12H20N4O3/c1-15-9-7-13-10(15)5-6-14-12(19)16(2)8-3-4-11(17)18/h7,9H,3-6,8H2,1-2H3,(H,14,19)(H,17,18). The number of hydrogen-bond donors (Lipinski definition) is 2. The summed E-state index contributed by atoms with van der Waals surface area (Å²) in [6.45, 7) is 0.938. The molecule has 7 heteroatoms. The Kier molecular flexibility index (Phi) is 5.84. The van der Waals surface area contributed by atoms with Gasteiger partial charge in [-0.25, -0.2) is 9.78 Å². The van der Waals surface area contributed by atoms with E-state index in [1.807, 2.05) is 17.8 Å². The lowest BCUT2D eigenvalue weighted by molar-refractivity contribution is -0.137. The number of imidazole rings is 1. The molecule has 0 radical (unpaired) electrons. The molecule has 1 heterocycles. The van der Waals surface area contributed by atoms with Crippen LogP contribution >= 0.6 is 0 Å². The minimum atomic E-state index is -0.844. The molecule has 0 saturated heterocycles. The number of aromatic nitrogens is 2. The van der Waals surface area contributed by atoms with E-state index in [0.717, 1.165) is 5.82 Å². The van der Waals surface area contributed by atoms with E-state index < -0.39 is 5.97 Å². The normalized spacial score (nSPS) is 10.2. The Bertz CT molecular complexity index is 430. The smallest absolute Gasteiger partial charge is 0.317 e. The van der Waals surface area contributed by atoms with Gasteiger partial charge in [-0.15, -0.1) is 0 Å². The summed E-state index contributed by atoms with van der Waals surface area (Å²) in [5.74, 6) is 0.0671. The monoisotopic (exact) mass is 268 g/mol. The van der Waals surface area contributed by atoms with Gasteiger partial charge in [-0.3, -0.25) is 4.79 Å². The van der Waals surface area contributed by atoms with Gasteiger partial charge >= 0.3 is 12.0 Å². The van der Waals surface area contributed by atoms with Crippen molar-refractivity contribution in [2.24, 2.45) is 7.05 Å². The summed E-state index contributed by atoms with van der Waals surface area (Å²) >= 11 is 0. The molecule has 1 aromatic rings. The fourth-order valence-electron chi connectivity index (χ4n) is 1.62. The van der Waals surface area contributed by atoms with Crippen LogP contribution in [0.2, 0.25) is 0 Å². The van der Waals surface area contributed by atoms with Gasteiger partial charge in [0.2, 0.25) is 0 Å². The van der Waals surface area contributed by atoms with Crippen molar-refractivity contribution in [3.8, 4) is 0 Å². The molecule has 0 bridgehead atoms. The van der Waals surface area contributed by atoms with E-state index in [1.54, 1.807) is 13.2 Å². The lowest BCUT2D eigenvalue weighted by Crippen LogP contribution is -2.39.